The first kappa shape index (κ1) is 11.8. The summed E-state index contributed by atoms with van der Waals surface area (Å²) >= 11 is 2.05. The average Bonchev–Trinajstić information content (AvgIpc) is 2.07. The molecule has 2 nitrogen and oxygen atoms in total. The van der Waals surface area contributed by atoms with Crippen LogP contribution in [0.15, 0.2) is 12.2 Å². The Morgan fingerprint density at radius 3 is 2.64 bits per heavy atom. The lowest BCUT2D eigenvalue weighted by atomic mass is 10.0. The summed E-state index contributed by atoms with van der Waals surface area (Å²) in [7, 11) is 0. The van der Waals surface area contributed by atoms with Gasteiger partial charge in [0.25, 0.3) is 0 Å². The van der Waals surface area contributed by atoms with Gasteiger partial charge in [0, 0.05) is 3.92 Å². The number of hydrogen-bond acceptors (Lipinski definition) is 1. The first-order valence-corrected chi connectivity index (χ1v) is 5.34. The van der Waals surface area contributed by atoms with Crippen LogP contribution in [0.4, 0.5) is 13.2 Å². The van der Waals surface area contributed by atoms with Crippen LogP contribution in [0.25, 0.3) is 0 Å². The smallest absolute Gasteiger partial charge is 0.341 e. The molecule has 0 fully saturated rings. The van der Waals surface area contributed by atoms with E-state index in [0.29, 0.717) is 0 Å². The predicted octanol–water partition coefficient (Wildman–Crippen LogP) is 2.19. The summed E-state index contributed by atoms with van der Waals surface area (Å²) in [6.45, 7) is 0. The van der Waals surface area contributed by atoms with E-state index in [1.54, 1.807) is 12.2 Å². The van der Waals surface area contributed by atoms with Crippen molar-refractivity contribution in [1.82, 2.24) is 5.32 Å². The van der Waals surface area contributed by atoms with Crippen LogP contribution in [-0.4, -0.2) is 22.0 Å². The molecule has 1 N–H and O–H groups in total. The molecule has 0 aromatic rings. The van der Waals surface area contributed by atoms with Crippen molar-refractivity contribution in [2.24, 2.45) is 0 Å². The lowest BCUT2D eigenvalue weighted by molar-refractivity contribution is -0.174. The van der Waals surface area contributed by atoms with Gasteiger partial charge in [-0.1, -0.05) is 34.7 Å². The van der Waals surface area contributed by atoms with Gasteiger partial charge in [-0.2, -0.15) is 13.2 Å². The SMILES string of the molecule is O=C(NC1C=CCCC1I)C(F)(F)F. The van der Waals surface area contributed by atoms with Crippen LogP contribution in [0.1, 0.15) is 12.8 Å². The largest absolute Gasteiger partial charge is 0.471 e. The Morgan fingerprint density at radius 2 is 2.14 bits per heavy atom. The highest BCUT2D eigenvalue weighted by Crippen LogP contribution is 2.21. The molecule has 2 atom stereocenters. The maximum absolute atomic E-state index is 11.9. The fourth-order valence-electron chi connectivity index (χ4n) is 1.17. The Labute approximate surface area is 93.1 Å². The summed E-state index contributed by atoms with van der Waals surface area (Å²) in [5.74, 6) is -1.87. The Kier molecular flexibility index (Phi) is 3.79. The van der Waals surface area contributed by atoms with Crippen molar-refractivity contribution in [3.8, 4) is 0 Å². The summed E-state index contributed by atoms with van der Waals surface area (Å²) in [5, 5.41) is 1.95. The number of alkyl halides is 4. The molecule has 0 heterocycles. The molecule has 0 spiro atoms. The topological polar surface area (TPSA) is 29.1 Å². The second kappa shape index (κ2) is 4.50. The summed E-state index contributed by atoms with van der Waals surface area (Å²) in [6.07, 6.45) is 0.258. The number of halogens is 4. The van der Waals surface area contributed by atoms with Crippen LogP contribution in [0, 0.1) is 0 Å². The van der Waals surface area contributed by atoms with E-state index in [4.69, 9.17) is 0 Å². The molecule has 0 aromatic carbocycles. The second-order valence-corrected chi connectivity index (χ2v) is 4.62. The second-order valence-electron chi connectivity index (χ2n) is 3.02. The number of rotatable bonds is 1. The van der Waals surface area contributed by atoms with E-state index in [1.165, 1.54) is 0 Å². The zero-order valence-corrected chi connectivity index (χ0v) is 9.30. The van der Waals surface area contributed by atoms with E-state index < -0.39 is 18.1 Å². The first-order chi connectivity index (χ1) is 6.41. The molecule has 1 aliphatic carbocycles. The van der Waals surface area contributed by atoms with Crippen molar-refractivity contribution in [3.05, 3.63) is 12.2 Å². The number of allylic oxidation sites excluding steroid dienone is 1. The van der Waals surface area contributed by atoms with Crippen LogP contribution in [0.5, 0.6) is 0 Å². The number of carbonyl (C=O) groups is 1. The number of amides is 1. The van der Waals surface area contributed by atoms with Crippen molar-refractivity contribution in [3.63, 3.8) is 0 Å². The van der Waals surface area contributed by atoms with Crippen molar-refractivity contribution in [1.29, 1.82) is 0 Å². The van der Waals surface area contributed by atoms with Crippen molar-refractivity contribution in [2.45, 2.75) is 29.0 Å². The van der Waals surface area contributed by atoms with Gasteiger partial charge in [0.1, 0.15) is 0 Å². The van der Waals surface area contributed by atoms with Gasteiger partial charge in [-0.15, -0.1) is 0 Å². The van der Waals surface area contributed by atoms with Crippen LogP contribution >= 0.6 is 22.6 Å². The number of hydrogen-bond donors (Lipinski definition) is 1. The van der Waals surface area contributed by atoms with Gasteiger partial charge < -0.3 is 5.32 Å². The molecule has 2 unspecified atom stereocenters. The fourth-order valence-corrected chi connectivity index (χ4v) is 1.95. The zero-order valence-electron chi connectivity index (χ0n) is 7.14. The molecule has 14 heavy (non-hydrogen) atoms. The summed E-state index contributed by atoms with van der Waals surface area (Å²) < 4.78 is 35.7. The molecule has 80 valence electrons. The molecule has 0 radical (unpaired) electrons. The van der Waals surface area contributed by atoms with Gasteiger partial charge in [0.15, 0.2) is 0 Å². The zero-order chi connectivity index (χ0) is 10.8. The quantitative estimate of drug-likeness (QED) is 0.448. The molecule has 1 rings (SSSR count). The Balaban J connectivity index is 2.55. The van der Waals surface area contributed by atoms with E-state index in [0.717, 1.165) is 12.8 Å². The van der Waals surface area contributed by atoms with Crippen LogP contribution in [0.2, 0.25) is 0 Å². The Bertz CT molecular complexity index is 251. The third kappa shape index (κ3) is 3.14. The third-order valence-electron chi connectivity index (χ3n) is 1.90. The maximum Gasteiger partial charge on any atom is 0.471 e. The lowest BCUT2D eigenvalue weighted by Gasteiger charge is -2.24. The first-order valence-electron chi connectivity index (χ1n) is 4.09. The fraction of sp³-hybridized carbons (Fsp3) is 0.625. The minimum atomic E-state index is -4.79. The van der Waals surface area contributed by atoms with Gasteiger partial charge >= 0.3 is 12.1 Å². The average molecular weight is 319 g/mol. The minimum Gasteiger partial charge on any atom is -0.341 e. The standard InChI is InChI=1S/C8H9F3INO/c9-8(10,11)7(14)13-6-4-2-1-3-5(6)12/h2,4-6H,1,3H2,(H,13,14). The molecule has 1 amide bonds. The number of nitrogens with one attached hydrogen (secondary N) is 1. The molecule has 1 aliphatic rings. The Morgan fingerprint density at radius 1 is 1.50 bits per heavy atom. The van der Waals surface area contributed by atoms with E-state index >= 15 is 0 Å². The van der Waals surface area contributed by atoms with Gasteiger partial charge in [-0.25, -0.2) is 0 Å². The highest BCUT2D eigenvalue weighted by atomic mass is 127. The summed E-state index contributed by atoms with van der Waals surface area (Å²) in [5.41, 5.74) is 0. The highest BCUT2D eigenvalue weighted by Gasteiger charge is 2.40. The molecule has 0 aliphatic heterocycles. The van der Waals surface area contributed by atoms with E-state index in [9.17, 15) is 18.0 Å². The molecule has 0 saturated carbocycles. The lowest BCUT2D eigenvalue weighted by Crippen LogP contribution is -2.46. The molecular weight excluding hydrogens is 310 g/mol. The van der Waals surface area contributed by atoms with E-state index in [1.807, 2.05) is 27.9 Å². The van der Waals surface area contributed by atoms with Crippen LogP contribution in [0.3, 0.4) is 0 Å². The summed E-state index contributed by atoms with van der Waals surface area (Å²) in [6, 6.07) is -0.501. The van der Waals surface area contributed by atoms with Gasteiger partial charge in [-0.05, 0) is 12.8 Å². The van der Waals surface area contributed by atoms with Crippen LogP contribution < -0.4 is 5.32 Å². The van der Waals surface area contributed by atoms with E-state index in [-0.39, 0.29) is 3.92 Å². The maximum atomic E-state index is 11.9. The predicted molar refractivity (Wildman–Crippen MR) is 54.2 cm³/mol. The summed E-state index contributed by atoms with van der Waals surface area (Å²) in [4.78, 5) is 10.6. The van der Waals surface area contributed by atoms with Gasteiger partial charge in [0.05, 0.1) is 6.04 Å². The Hall–Kier alpha value is -0.270. The monoisotopic (exact) mass is 319 g/mol. The van der Waals surface area contributed by atoms with Crippen molar-refractivity contribution < 1.29 is 18.0 Å². The molecule has 6 heteroatoms. The van der Waals surface area contributed by atoms with Crippen molar-refractivity contribution in [2.75, 3.05) is 0 Å². The van der Waals surface area contributed by atoms with Gasteiger partial charge in [0.2, 0.25) is 0 Å². The molecule has 0 aromatic heterocycles. The highest BCUT2D eigenvalue weighted by molar-refractivity contribution is 14.1. The molecule has 0 saturated heterocycles. The minimum absolute atomic E-state index is 0.0314. The molecule has 0 bridgehead atoms. The van der Waals surface area contributed by atoms with Gasteiger partial charge in [-0.3, -0.25) is 4.79 Å². The van der Waals surface area contributed by atoms with E-state index in [2.05, 4.69) is 0 Å². The van der Waals surface area contributed by atoms with Crippen molar-refractivity contribution >= 4 is 28.5 Å². The number of carbonyl (C=O) groups excluding carboxylic acids is 1. The normalized spacial score (nSPS) is 27.4. The third-order valence-corrected chi connectivity index (χ3v) is 3.30. The van der Waals surface area contributed by atoms with Crippen LogP contribution in [-0.2, 0) is 4.79 Å². The molecular formula is C8H9F3INO.